The Balaban J connectivity index is 1.93. The molecule has 204 valence electrons. The molecule has 2 heterocycles. The van der Waals surface area contributed by atoms with E-state index in [0.29, 0.717) is 33.8 Å². The zero-order valence-corrected chi connectivity index (χ0v) is 22.8. The van der Waals surface area contributed by atoms with E-state index in [1.807, 2.05) is 18.2 Å². The third-order valence-electron chi connectivity index (χ3n) is 6.80. The van der Waals surface area contributed by atoms with E-state index in [-0.39, 0.29) is 45.7 Å². The first-order chi connectivity index (χ1) is 18.5. The molecule has 1 atom stereocenters. The normalized spacial score (nSPS) is 15.8. The first-order valence-electron chi connectivity index (χ1n) is 12.4. The number of nitrogens with one attached hydrogen (secondary N) is 1. The molecular weight excluding hydrogens is 522 g/mol. The lowest BCUT2D eigenvalue weighted by Crippen LogP contribution is -2.32. The molecule has 4 rings (SSSR count). The molecule has 3 aromatic rings. The van der Waals surface area contributed by atoms with Gasteiger partial charge in [-0.2, -0.15) is 0 Å². The molecule has 39 heavy (non-hydrogen) atoms. The van der Waals surface area contributed by atoms with Crippen LogP contribution in [0.5, 0.6) is 0 Å². The van der Waals surface area contributed by atoms with E-state index in [0.717, 1.165) is 0 Å². The fourth-order valence-electron chi connectivity index (χ4n) is 4.77. The topological polar surface area (TPSA) is 140 Å². The van der Waals surface area contributed by atoms with E-state index in [9.17, 15) is 27.9 Å². The van der Waals surface area contributed by atoms with Crippen molar-refractivity contribution in [3.63, 3.8) is 0 Å². The predicted molar refractivity (Wildman–Crippen MR) is 147 cm³/mol. The van der Waals surface area contributed by atoms with E-state index in [2.05, 4.69) is 5.32 Å². The van der Waals surface area contributed by atoms with Gasteiger partial charge in [0.05, 0.1) is 28.2 Å². The number of carboxylic acids is 1. The van der Waals surface area contributed by atoms with Crippen LogP contribution in [0.1, 0.15) is 37.8 Å². The molecule has 2 aromatic carbocycles. The summed E-state index contributed by atoms with van der Waals surface area (Å²) in [6.07, 6.45) is 0. The quantitative estimate of drug-likeness (QED) is 0.397. The Hall–Kier alpha value is -4.18. The smallest absolute Gasteiger partial charge is 0.336 e. The van der Waals surface area contributed by atoms with Crippen LogP contribution in [0.4, 0.5) is 0 Å². The number of hydrogen-bond acceptors (Lipinski definition) is 8. The SMILES string of the molecule is CCS(=O)(=O)CCOC(=O)C1=C(C)NC(C)=C(C(=O)O)C1c1cccc2c(=O)c(C)c(-c3ccccc3)oc12. The van der Waals surface area contributed by atoms with E-state index in [1.54, 1.807) is 51.1 Å². The van der Waals surface area contributed by atoms with E-state index >= 15 is 0 Å². The van der Waals surface area contributed by atoms with Crippen molar-refractivity contribution >= 4 is 32.7 Å². The number of carbonyl (C=O) groups is 2. The van der Waals surface area contributed by atoms with Crippen molar-refractivity contribution < 1.29 is 32.3 Å². The molecule has 0 fully saturated rings. The number of dihydropyridines is 1. The number of para-hydroxylation sites is 1. The molecule has 10 heteroatoms. The average molecular weight is 552 g/mol. The highest BCUT2D eigenvalue weighted by Gasteiger charge is 2.39. The molecule has 0 saturated carbocycles. The molecule has 1 aliphatic heterocycles. The van der Waals surface area contributed by atoms with Crippen LogP contribution in [0.25, 0.3) is 22.3 Å². The fourth-order valence-corrected chi connectivity index (χ4v) is 5.39. The summed E-state index contributed by atoms with van der Waals surface area (Å²) in [4.78, 5) is 39.3. The van der Waals surface area contributed by atoms with Crippen LogP contribution < -0.4 is 10.7 Å². The Bertz CT molecular complexity index is 1700. The van der Waals surface area contributed by atoms with Gasteiger partial charge in [0.25, 0.3) is 0 Å². The molecule has 0 aliphatic carbocycles. The first-order valence-corrected chi connectivity index (χ1v) is 14.2. The van der Waals surface area contributed by atoms with Gasteiger partial charge in [-0.1, -0.05) is 49.4 Å². The highest BCUT2D eigenvalue weighted by atomic mass is 32.2. The molecule has 0 bridgehead atoms. The van der Waals surface area contributed by atoms with Gasteiger partial charge in [-0.05, 0) is 26.8 Å². The van der Waals surface area contributed by atoms with Crippen molar-refractivity contribution in [3.8, 4) is 11.3 Å². The van der Waals surface area contributed by atoms with E-state index in [1.165, 1.54) is 6.92 Å². The predicted octanol–water partition coefficient (Wildman–Crippen LogP) is 4.07. The molecule has 1 aromatic heterocycles. The van der Waals surface area contributed by atoms with Crippen LogP contribution in [0.2, 0.25) is 0 Å². The summed E-state index contributed by atoms with van der Waals surface area (Å²) in [6.45, 7) is 5.96. The van der Waals surface area contributed by atoms with Crippen LogP contribution in [-0.4, -0.2) is 43.6 Å². The minimum absolute atomic E-state index is 0.0103. The van der Waals surface area contributed by atoms with Crippen LogP contribution >= 0.6 is 0 Å². The molecule has 0 radical (unpaired) electrons. The van der Waals surface area contributed by atoms with Crippen molar-refractivity contribution in [1.82, 2.24) is 5.32 Å². The second kappa shape index (κ2) is 10.9. The molecule has 1 unspecified atom stereocenters. The molecule has 2 N–H and O–H groups in total. The van der Waals surface area contributed by atoms with Crippen LogP contribution in [-0.2, 0) is 24.2 Å². The van der Waals surface area contributed by atoms with Crippen molar-refractivity contribution in [2.24, 2.45) is 0 Å². The maximum atomic E-state index is 13.4. The van der Waals surface area contributed by atoms with Gasteiger partial charge in [-0.15, -0.1) is 0 Å². The molecule has 1 aliphatic rings. The Labute approximate surface area is 225 Å². The molecular formula is C29H29NO8S. The van der Waals surface area contributed by atoms with Crippen LogP contribution in [0, 0.1) is 6.92 Å². The molecule has 0 saturated heterocycles. The third kappa shape index (κ3) is 5.37. The number of esters is 1. The molecule has 0 spiro atoms. The monoisotopic (exact) mass is 551 g/mol. The Kier molecular flexibility index (Phi) is 7.78. The number of carboxylic acid groups (broad SMARTS) is 1. The van der Waals surface area contributed by atoms with Crippen LogP contribution in [0.3, 0.4) is 0 Å². The third-order valence-corrected chi connectivity index (χ3v) is 8.47. The number of benzene rings is 2. The number of sulfone groups is 1. The highest BCUT2D eigenvalue weighted by Crippen LogP contribution is 2.42. The van der Waals surface area contributed by atoms with Gasteiger partial charge in [-0.25, -0.2) is 18.0 Å². The summed E-state index contributed by atoms with van der Waals surface area (Å²) < 4.78 is 35.5. The Morgan fingerprint density at radius 3 is 2.31 bits per heavy atom. The van der Waals surface area contributed by atoms with Crippen molar-refractivity contribution in [3.05, 3.63) is 92.4 Å². The lowest BCUT2D eigenvalue weighted by atomic mass is 9.79. The number of carbonyl (C=O) groups excluding carboxylic acids is 1. The number of allylic oxidation sites excluding steroid dienone is 2. The highest BCUT2D eigenvalue weighted by molar-refractivity contribution is 7.91. The Morgan fingerprint density at radius 1 is 1.00 bits per heavy atom. The van der Waals surface area contributed by atoms with Crippen LogP contribution in [0.15, 0.2) is 80.3 Å². The zero-order valence-electron chi connectivity index (χ0n) is 22.0. The van der Waals surface area contributed by atoms with Gasteiger partial charge >= 0.3 is 11.9 Å². The summed E-state index contributed by atoms with van der Waals surface area (Å²) in [6, 6.07) is 13.9. The zero-order chi connectivity index (χ0) is 28.5. The lowest BCUT2D eigenvalue weighted by Gasteiger charge is -2.30. The molecule has 9 nitrogen and oxygen atoms in total. The number of rotatable bonds is 8. The van der Waals surface area contributed by atoms with E-state index in [4.69, 9.17) is 9.15 Å². The van der Waals surface area contributed by atoms with Gasteiger partial charge in [0.15, 0.2) is 15.3 Å². The number of ether oxygens (including phenoxy) is 1. The maximum absolute atomic E-state index is 13.4. The number of aliphatic carboxylic acids is 1. The summed E-state index contributed by atoms with van der Waals surface area (Å²) in [5, 5.41) is 13.4. The Morgan fingerprint density at radius 2 is 1.67 bits per heavy atom. The largest absolute Gasteiger partial charge is 0.478 e. The van der Waals surface area contributed by atoms with Gasteiger partial charge < -0.3 is 19.6 Å². The minimum atomic E-state index is -3.39. The van der Waals surface area contributed by atoms with Crippen molar-refractivity contribution in [2.75, 3.05) is 18.1 Å². The van der Waals surface area contributed by atoms with Gasteiger partial charge in [0.2, 0.25) is 0 Å². The number of hydrogen-bond donors (Lipinski definition) is 2. The van der Waals surface area contributed by atoms with Gasteiger partial charge in [0, 0.05) is 33.8 Å². The van der Waals surface area contributed by atoms with Gasteiger partial charge in [0.1, 0.15) is 18.0 Å². The lowest BCUT2D eigenvalue weighted by molar-refractivity contribution is -0.138. The maximum Gasteiger partial charge on any atom is 0.336 e. The fraction of sp³-hybridized carbons (Fsp3) is 0.276. The summed E-state index contributed by atoms with van der Waals surface area (Å²) >= 11 is 0. The standard InChI is InChI=1S/C29H29NO8S/c1-5-39(35,36)15-14-37-29(34)23-18(4)30-17(3)22(28(32)33)24(23)20-12-9-13-21-25(31)16(2)26(38-27(20)21)19-10-7-6-8-11-19/h6-13,24,30H,5,14-15H2,1-4H3,(H,32,33). The average Bonchev–Trinajstić information content (AvgIpc) is 2.90. The summed E-state index contributed by atoms with van der Waals surface area (Å²) in [5.41, 5.74) is 1.76. The van der Waals surface area contributed by atoms with Crippen molar-refractivity contribution in [1.29, 1.82) is 0 Å². The second-order valence-corrected chi connectivity index (χ2v) is 11.8. The molecule has 0 amide bonds. The number of fused-ring (bicyclic) bond motifs is 1. The summed E-state index contributed by atoms with van der Waals surface area (Å²) in [5.74, 6) is -3.41. The van der Waals surface area contributed by atoms with Gasteiger partial charge in [-0.3, -0.25) is 4.79 Å². The second-order valence-electron chi connectivity index (χ2n) is 9.29. The first kappa shape index (κ1) is 27.8. The van der Waals surface area contributed by atoms with E-state index < -0.39 is 27.7 Å². The summed E-state index contributed by atoms with van der Waals surface area (Å²) in [7, 11) is -3.39. The van der Waals surface area contributed by atoms with Crippen molar-refractivity contribution in [2.45, 2.75) is 33.6 Å². The minimum Gasteiger partial charge on any atom is -0.478 e.